The van der Waals surface area contributed by atoms with E-state index in [2.05, 4.69) is 4.98 Å². The van der Waals surface area contributed by atoms with Crippen LogP contribution in [0.5, 0.6) is 5.75 Å². The fourth-order valence-electron chi connectivity index (χ4n) is 2.45. The zero-order valence-electron chi connectivity index (χ0n) is 11.8. The van der Waals surface area contributed by atoms with Gasteiger partial charge in [0.1, 0.15) is 18.2 Å². The van der Waals surface area contributed by atoms with E-state index < -0.39 is 0 Å². The van der Waals surface area contributed by atoms with Gasteiger partial charge in [-0.25, -0.2) is 4.98 Å². The highest BCUT2D eigenvalue weighted by Gasteiger charge is 2.11. The quantitative estimate of drug-likeness (QED) is 0.720. The summed E-state index contributed by atoms with van der Waals surface area (Å²) >= 11 is 0. The highest BCUT2D eigenvalue weighted by Crippen LogP contribution is 2.22. The van der Waals surface area contributed by atoms with Gasteiger partial charge >= 0.3 is 0 Å². The van der Waals surface area contributed by atoms with E-state index in [1.165, 1.54) is 0 Å². The average molecular weight is 283 g/mol. The van der Waals surface area contributed by atoms with Crippen molar-refractivity contribution >= 4 is 16.7 Å². The lowest BCUT2D eigenvalue weighted by Crippen LogP contribution is -2.05. The van der Waals surface area contributed by atoms with Crippen LogP contribution in [0.1, 0.15) is 11.4 Å². The summed E-state index contributed by atoms with van der Waals surface area (Å²) in [5.41, 5.74) is 9.28. The minimum absolute atomic E-state index is 0.113. The molecule has 3 rings (SSSR count). The first-order chi connectivity index (χ1) is 10.2. The van der Waals surface area contributed by atoms with Gasteiger partial charge in [0, 0.05) is 12.2 Å². The molecular formula is C16H17N3O2. The van der Waals surface area contributed by atoms with E-state index in [0.717, 1.165) is 22.3 Å². The predicted octanol–water partition coefficient (Wildman–Crippen LogP) is 2.17. The molecule has 5 nitrogen and oxygen atoms in total. The third kappa shape index (κ3) is 2.55. The van der Waals surface area contributed by atoms with Crippen molar-refractivity contribution in [3.05, 3.63) is 53.9 Å². The molecule has 0 amide bonds. The number of methoxy groups -OCH3 is 1. The zero-order chi connectivity index (χ0) is 14.8. The number of aliphatic hydroxyl groups is 1. The van der Waals surface area contributed by atoms with Crippen molar-refractivity contribution in [3.63, 3.8) is 0 Å². The van der Waals surface area contributed by atoms with Crippen LogP contribution in [0.3, 0.4) is 0 Å². The van der Waals surface area contributed by atoms with Gasteiger partial charge in [-0.15, -0.1) is 0 Å². The predicted molar refractivity (Wildman–Crippen MR) is 82.2 cm³/mol. The molecule has 0 bridgehead atoms. The van der Waals surface area contributed by atoms with Gasteiger partial charge in [-0.1, -0.05) is 12.1 Å². The minimum Gasteiger partial charge on any atom is -0.497 e. The second-order valence-electron chi connectivity index (χ2n) is 4.87. The number of aromatic nitrogens is 2. The number of benzene rings is 2. The highest BCUT2D eigenvalue weighted by atomic mass is 16.5. The van der Waals surface area contributed by atoms with Gasteiger partial charge in [0.05, 0.1) is 18.1 Å². The summed E-state index contributed by atoms with van der Waals surface area (Å²) in [6, 6.07) is 13.4. The third-order valence-corrected chi connectivity index (χ3v) is 3.47. The van der Waals surface area contributed by atoms with Crippen molar-refractivity contribution in [1.29, 1.82) is 0 Å². The molecule has 0 aliphatic heterocycles. The molecule has 0 saturated heterocycles. The van der Waals surface area contributed by atoms with Crippen LogP contribution in [-0.2, 0) is 13.2 Å². The Morgan fingerprint density at radius 2 is 2.10 bits per heavy atom. The molecule has 108 valence electrons. The maximum absolute atomic E-state index is 9.53. The Bertz CT molecular complexity index is 780. The van der Waals surface area contributed by atoms with Crippen molar-refractivity contribution < 1.29 is 9.84 Å². The number of hydrogen-bond donors (Lipinski definition) is 2. The summed E-state index contributed by atoms with van der Waals surface area (Å²) in [5.74, 6) is 1.44. The van der Waals surface area contributed by atoms with E-state index in [1.807, 2.05) is 47.0 Å². The standard InChI is InChI=1S/C16H17N3O2/c1-21-13-4-2-3-11(7-13)9-19-15-6-5-12(17)8-14(15)18-16(19)10-20/h2-8,20H,9-10,17H2,1H3. The summed E-state index contributed by atoms with van der Waals surface area (Å²) in [6.07, 6.45) is 0. The molecule has 0 aliphatic rings. The van der Waals surface area contributed by atoms with Crippen molar-refractivity contribution in [2.45, 2.75) is 13.2 Å². The number of nitrogens with two attached hydrogens (primary N) is 1. The lowest BCUT2D eigenvalue weighted by atomic mass is 10.2. The van der Waals surface area contributed by atoms with E-state index in [1.54, 1.807) is 7.11 Å². The van der Waals surface area contributed by atoms with Crippen molar-refractivity contribution in [2.24, 2.45) is 0 Å². The summed E-state index contributed by atoms with van der Waals surface area (Å²) in [6.45, 7) is 0.506. The first-order valence-electron chi connectivity index (χ1n) is 6.69. The first kappa shape index (κ1) is 13.5. The molecule has 3 aromatic rings. The molecule has 3 N–H and O–H groups in total. The van der Waals surface area contributed by atoms with Gasteiger partial charge in [-0.05, 0) is 35.9 Å². The number of aliphatic hydroxyl groups excluding tert-OH is 1. The van der Waals surface area contributed by atoms with Crippen molar-refractivity contribution in [2.75, 3.05) is 12.8 Å². The van der Waals surface area contributed by atoms with E-state index in [9.17, 15) is 5.11 Å². The fraction of sp³-hybridized carbons (Fsp3) is 0.188. The molecule has 1 heterocycles. The van der Waals surface area contributed by atoms with Crippen LogP contribution in [0.25, 0.3) is 11.0 Å². The van der Waals surface area contributed by atoms with Gasteiger partial charge in [-0.3, -0.25) is 0 Å². The molecule has 0 atom stereocenters. The van der Waals surface area contributed by atoms with E-state index in [0.29, 0.717) is 18.1 Å². The number of rotatable bonds is 4. The molecule has 0 saturated carbocycles. The Morgan fingerprint density at radius 3 is 2.86 bits per heavy atom. The number of imidazole rings is 1. The number of anilines is 1. The lowest BCUT2D eigenvalue weighted by molar-refractivity contribution is 0.267. The van der Waals surface area contributed by atoms with E-state index >= 15 is 0 Å². The molecule has 5 heteroatoms. The van der Waals surface area contributed by atoms with Crippen LogP contribution in [0.2, 0.25) is 0 Å². The Morgan fingerprint density at radius 1 is 1.24 bits per heavy atom. The van der Waals surface area contributed by atoms with E-state index in [-0.39, 0.29) is 6.61 Å². The number of nitrogen functional groups attached to an aromatic ring is 1. The van der Waals surface area contributed by atoms with Gasteiger partial charge in [0.2, 0.25) is 0 Å². The zero-order valence-corrected chi connectivity index (χ0v) is 11.8. The van der Waals surface area contributed by atoms with Gasteiger partial charge in [-0.2, -0.15) is 0 Å². The van der Waals surface area contributed by atoms with Crippen LogP contribution >= 0.6 is 0 Å². The second-order valence-corrected chi connectivity index (χ2v) is 4.87. The summed E-state index contributed by atoms with van der Waals surface area (Å²) in [4.78, 5) is 4.43. The van der Waals surface area contributed by atoms with Crippen LogP contribution in [0, 0.1) is 0 Å². The Balaban J connectivity index is 2.06. The molecule has 0 spiro atoms. The van der Waals surface area contributed by atoms with Crippen LogP contribution in [0.15, 0.2) is 42.5 Å². The Labute approximate surface area is 122 Å². The van der Waals surface area contributed by atoms with Crippen molar-refractivity contribution in [3.8, 4) is 5.75 Å². The maximum atomic E-state index is 9.53. The molecule has 21 heavy (non-hydrogen) atoms. The lowest BCUT2D eigenvalue weighted by Gasteiger charge is -2.09. The molecule has 0 aliphatic carbocycles. The molecule has 1 aromatic heterocycles. The normalized spacial score (nSPS) is 11.0. The monoisotopic (exact) mass is 283 g/mol. The molecule has 0 unspecified atom stereocenters. The summed E-state index contributed by atoms with van der Waals surface area (Å²) < 4.78 is 7.23. The number of nitrogens with zero attached hydrogens (tertiary/aromatic N) is 2. The average Bonchev–Trinajstić information content (AvgIpc) is 2.84. The van der Waals surface area contributed by atoms with Gasteiger partial charge < -0.3 is 20.1 Å². The number of fused-ring (bicyclic) bond motifs is 1. The second kappa shape index (κ2) is 5.46. The van der Waals surface area contributed by atoms with E-state index in [4.69, 9.17) is 10.5 Å². The van der Waals surface area contributed by atoms with Crippen molar-refractivity contribution in [1.82, 2.24) is 9.55 Å². The topological polar surface area (TPSA) is 73.3 Å². The molecule has 0 fully saturated rings. The van der Waals surface area contributed by atoms with Gasteiger partial charge in [0.15, 0.2) is 0 Å². The number of ether oxygens (including phenoxy) is 1. The van der Waals surface area contributed by atoms with Crippen LogP contribution < -0.4 is 10.5 Å². The fourth-order valence-corrected chi connectivity index (χ4v) is 2.45. The SMILES string of the molecule is COc1cccc(Cn2c(CO)nc3cc(N)ccc32)c1. The smallest absolute Gasteiger partial charge is 0.136 e. The minimum atomic E-state index is -0.113. The molecular weight excluding hydrogens is 266 g/mol. The first-order valence-corrected chi connectivity index (χ1v) is 6.69. The largest absolute Gasteiger partial charge is 0.497 e. The van der Waals surface area contributed by atoms with Gasteiger partial charge in [0.25, 0.3) is 0 Å². The Kier molecular flexibility index (Phi) is 3.50. The van der Waals surface area contributed by atoms with Crippen LogP contribution in [0.4, 0.5) is 5.69 Å². The summed E-state index contributed by atoms with van der Waals surface area (Å²) in [5, 5.41) is 9.53. The third-order valence-electron chi connectivity index (χ3n) is 3.47. The Hall–Kier alpha value is -2.53. The highest BCUT2D eigenvalue weighted by molar-refractivity contribution is 5.79. The number of hydrogen-bond acceptors (Lipinski definition) is 4. The maximum Gasteiger partial charge on any atom is 0.136 e. The summed E-state index contributed by atoms with van der Waals surface area (Å²) in [7, 11) is 1.65. The molecule has 2 aromatic carbocycles. The molecule has 0 radical (unpaired) electrons. The van der Waals surface area contributed by atoms with Crippen LogP contribution in [-0.4, -0.2) is 21.8 Å².